The minimum Gasteiger partial charge on any atom is -0.462 e. The summed E-state index contributed by atoms with van der Waals surface area (Å²) < 4.78 is 12.1. The largest absolute Gasteiger partial charge is 0.462 e. The molecule has 8 heteroatoms. The molecule has 0 spiro atoms. The summed E-state index contributed by atoms with van der Waals surface area (Å²) in [5.41, 5.74) is 3.52. The zero-order valence-corrected chi connectivity index (χ0v) is 19.7. The van der Waals surface area contributed by atoms with E-state index in [1.54, 1.807) is 31.6 Å². The molecule has 8 nitrogen and oxygen atoms in total. The second-order valence-electron chi connectivity index (χ2n) is 7.88. The molecular formula is C27H25N3O5. The minimum absolute atomic E-state index is 0.160. The minimum atomic E-state index is -0.693. The summed E-state index contributed by atoms with van der Waals surface area (Å²) in [7, 11) is 0. The van der Waals surface area contributed by atoms with Gasteiger partial charge in [-0.1, -0.05) is 48.5 Å². The molecule has 0 bridgehead atoms. The number of rotatable bonds is 8. The first-order chi connectivity index (χ1) is 16.9. The number of aryl methyl sites for hydroxylation is 2. The van der Waals surface area contributed by atoms with Gasteiger partial charge in [0.1, 0.15) is 11.3 Å². The average Bonchev–Trinajstić information content (AvgIpc) is 3.44. The van der Waals surface area contributed by atoms with Crippen LogP contribution < -0.4 is 0 Å². The number of nitrogens with one attached hydrogen (secondary N) is 1. The number of carbonyl (C=O) groups excluding carboxylic acids is 3. The van der Waals surface area contributed by atoms with E-state index in [9.17, 15) is 14.4 Å². The molecule has 4 aromatic rings. The highest BCUT2D eigenvalue weighted by Gasteiger charge is 2.27. The number of nitrogens with zero attached hydrogens (tertiary/aromatic N) is 2. The molecule has 2 aromatic heterocycles. The van der Waals surface area contributed by atoms with Gasteiger partial charge in [0.15, 0.2) is 6.61 Å². The lowest BCUT2D eigenvalue weighted by Gasteiger charge is -2.07. The van der Waals surface area contributed by atoms with E-state index in [4.69, 9.17) is 9.47 Å². The van der Waals surface area contributed by atoms with Gasteiger partial charge in [-0.2, -0.15) is 5.10 Å². The third-order valence-corrected chi connectivity index (χ3v) is 5.47. The first kappa shape index (κ1) is 23.7. The van der Waals surface area contributed by atoms with Gasteiger partial charge in [-0.25, -0.2) is 14.3 Å². The summed E-state index contributed by atoms with van der Waals surface area (Å²) in [6.07, 6.45) is 1.58. The summed E-state index contributed by atoms with van der Waals surface area (Å²) in [6.45, 7) is 4.71. The van der Waals surface area contributed by atoms with E-state index in [-0.39, 0.29) is 23.3 Å². The Kier molecular flexibility index (Phi) is 6.91. The molecule has 0 saturated carbocycles. The monoisotopic (exact) mass is 471 g/mol. The summed E-state index contributed by atoms with van der Waals surface area (Å²) in [5.74, 6) is -1.79. The molecule has 4 rings (SSSR count). The van der Waals surface area contributed by atoms with Crippen LogP contribution in [0.15, 0.2) is 66.9 Å². The van der Waals surface area contributed by atoms with Gasteiger partial charge in [-0.15, -0.1) is 0 Å². The number of carbonyl (C=O) groups is 3. The number of hydrogen-bond acceptors (Lipinski definition) is 6. The molecule has 0 aliphatic heterocycles. The van der Waals surface area contributed by atoms with Crippen molar-refractivity contribution >= 4 is 17.7 Å². The molecule has 1 N–H and O–H groups in total. The highest BCUT2D eigenvalue weighted by atomic mass is 16.5. The van der Waals surface area contributed by atoms with Crippen LogP contribution in [0.2, 0.25) is 0 Å². The lowest BCUT2D eigenvalue weighted by molar-refractivity contribution is 0.0472. The maximum atomic E-state index is 13.1. The van der Waals surface area contributed by atoms with Crippen LogP contribution in [0.25, 0.3) is 16.9 Å². The normalized spacial score (nSPS) is 10.7. The third kappa shape index (κ3) is 4.91. The number of Topliss-reactive ketones (excluding diaryl/α,β-unsaturated/α-hetero) is 1. The van der Waals surface area contributed by atoms with Gasteiger partial charge >= 0.3 is 11.9 Å². The maximum Gasteiger partial charge on any atom is 0.342 e. The molecule has 35 heavy (non-hydrogen) atoms. The molecule has 0 saturated heterocycles. The summed E-state index contributed by atoms with van der Waals surface area (Å²) in [4.78, 5) is 41.5. The topological polar surface area (TPSA) is 103 Å². The second-order valence-corrected chi connectivity index (χ2v) is 7.88. The van der Waals surface area contributed by atoms with Gasteiger partial charge < -0.3 is 14.5 Å². The van der Waals surface area contributed by atoms with Crippen molar-refractivity contribution in [3.63, 3.8) is 0 Å². The van der Waals surface area contributed by atoms with Crippen molar-refractivity contribution in [2.45, 2.75) is 20.8 Å². The fourth-order valence-corrected chi connectivity index (χ4v) is 3.91. The number of ketones is 1. The van der Waals surface area contributed by atoms with E-state index in [0.717, 1.165) is 11.3 Å². The van der Waals surface area contributed by atoms with Gasteiger partial charge in [-0.3, -0.25) is 4.79 Å². The van der Waals surface area contributed by atoms with Crippen LogP contribution in [0.1, 0.15) is 49.4 Å². The third-order valence-electron chi connectivity index (χ3n) is 5.47. The van der Waals surface area contributed by atoms with E-state index < -0.39 is 24.3 Å². The number of aromatic nitrogens is 3. The fraction of sp³-hybridized carbons (Fsp3) is 0.185. The number of esters is 2. The number of hydrogen-bond donors (Lipinski definition) is 1. The van der Waals surface area contributed by atoms with Crippen molar-refractivity contribution in [2.75, 3.05) is 13.2 Å². The number of para-hydroxylation sites is 1. The van der Waals surface area contributed by atoms with E-state index in [1.165, 1.54) is 0 Å². The first-order valence-corrected chi connectivity index (χ1v) is 11.2. The lowest BCUT2D eigenvalue weighted by atomic mass is 10.1. The van der Waals surface area contributed by atoms with Gasteiger partial charge in [0, 0.05) is 23.1 Å². The first-order valence-electron chi connectivity index (χ1n) is 11.2. The van der Waals surface area contributed by atoms with E-state index in [2.05, 4.69) is 10.1 Å². The summed E-state index contributed by atoms with van der Waals surface area (Å²) >= 11 is 0. The quantitative estimate of drug-likeness (QED) is 0.295. The van der Waals surface area contributed by atoms with Crippen molar-refractivity contribution in [3.05, 3.63) is 94.9 Å². The summed E-state index contributed by atoms with van der Waals surface area (Å²) in [6, 6.07) is 18.6. The Morgan fingerprint density at radius 3 is 2.14 bits per heavy atom. The molecule has 0 aliphatic rings. The molecule has 0 unspecified atom stereocenters. The van der Waals surface area contributed by atoms with Gasteiger partial charge in [0.05, 0.1) is 23.4 Å². The van der Waals surface area contributed by atoms with Gasteiger partial charge in [-0.05, 0) is 32.9 Å². The second kappa shape index (κ2) is 10.2. The van der Waals surface area contributed by atoms with Gasteiger partial charge in [0.25, 0.3) is 0 Å². The number of benzene rings is 2. The predicted molar refractivity (Wildman–Crippen MR) is 130 cm³/mol. The van der Waals surface area contributed by atoms with Crippen molar-refractivity contribution in [1.82, 2.24) is 14.8 Å². The molecule has 0 fully saturated rings. The van der Waals surface area contributed by atoms with Crippen LogP contribution in [0, 0.1) is 13.8 Å². The van der Waals surface area contributed by atoms with E-state index >= 15 is 0 Å². The fourth-order valence-electron chi connectivity index (χ4n) is 3.91. The standard InChI is InChI=1S/C27H25N3O5/c1-4-34-27(33)24-18(3)28-17(2)23(24)22(31)16-35-26(32)21-15-30(20-13-9-6-10-14-20)29-25(21)19-11-7-5-8-12-19/h5-15,28H,4,16H2,1-3H3. The van der Waals surface area contributed by atoms with Crippen LogP contribution >= 0.6 is 0 Å². The lowest BCUT2D eigenvalue weighted by Crippen LogP contribution is -2.18. The van der Waals surface area contributed by atoms with Crippen LogP contribution in [0.4, 0.5) is 0 Å². The number of ether oxygens (including phenoxy) is 2. The smallest absolute Gasteiger partial charge is 0.342 e. The Morgan fingerprint density at radius 2 is 1.49 bits per heavy atom. The van der Waals surface area contributed by atoms with Crippen LogP contribution in [-0.2, 0) is 9.47 Å². The Hall–Kier alpha value is -4.46. The zero-order chi connectivity index (χ0) is 24.9. The Balaban J connectivity index is 1.61. The molecule has 0 radical (unpaired) electrons. The highest BCUT2D eigenvalue weighted by Crippen LogP contribution is 2.25. The molecular weight excluding hydrogens is 446 g/mol. The average molecular weight is 472 g/mol. The van der Waals surface area contributed by atoms with Crippen LogP contribution in [-0.4, -0.2) is 45.7 Å². The Labute approximate surface area is 202 Å². The Bertz CT molecular complexity index is 1370. The highest BCUT2D eigenvalue weighted by molar-refractivity contribution is 6.09. The SMILES string of the molecule is CCOC(=O)c1c(C)[nH]c(C)c1C(=O)COC(=O)c1cn(-c2ccccc2)nc1-c1ccccc1. The molecule has 0 aliphatic carbocycles. The van der Waals surface area contributed by atoms with E-state index in [1.807, 2.05) is 60.7 Å². The number of H-pyrrole nitrogens is 1. The zero-order valence-electron chi connectivity index (χ0n) is 19.7. The molecule has 0 atom stereocenters. The molecule has 2 aromatic carbocycles. The van der Waals surface area contributed by atoms with Crippen molar-refractivity contribution in [3.8, 4) is 16.9 Å². The van der Waals surface area contributed by atoms with Gasteiger partial charge in [0.2, 0.25) is 5.78 Å². The van der Waals surface area contributed by atoms with Crippen molar-refractivity contribution < 1.29 is 23.9 Å². The van der Waals surface area contributed by atoms with E-state index in [0.29, 0.717) is 17.1 Å². The Morgan fingerprint density at radius 1 is 0.857 bits per heavy atom. The molecule has 2 heterocycles. The predicted octanol–water partition coefficient (Wildman–Crippen LogP) is 4.70. The molecule has 178 valence electrons. The van der Waals surface area contributed by atoms with Crippen LogP contribution in [0.5, 0.6) is 0 Å². The molecule has 0 amide bonds. The van der Waals surface area contributed by atoms with Crippen LogP contribution in [0.3, 0.4) is 0 Å². The van der Waals surface area contributed by atoms with Crippen molar-refractivity contribution in [2.24, 2.45) is 0 Å². The van der Waals surface area contributed by atoms with Crippen molar-refractivity contribution in [1.29, 1.82) is 0 Å². The maximum absolute atomic E-state index is 13.1. The summed E-state index contributed by atoms with van der Waals surface area (Å²) in [5, 5.41) is 4.60. The number of aromatic amines is 1.